The first-order valence-corrected chi connectivity index (χ1v) is 8.02. The maximum atomic E-state index is 12.1. The third-order valence-corrected chi connectivity index (χ3v) is 4.52. The number of hydrogen-bond donors (Lipinski definition) is 1. The Balaban J connectivity index is 1.66. The predicted octanol–water partition coefficient (Wildman–Crippen LogP) is 2.09. The van der Waals surface area contributed by atoms with E-state index in [-0.39, 0.29) is 17.4 Å². The summed E-state index contributed by atoms with van der Waals surface area (Å²) in [6.45, 7) is 4.86. The van der Waals surface area contributed by atoms with Gasteiger partial charge in [0.2, 0.25) is 0 Å². The van der Waals surface area contributed by atoms with Crippen LogP contribution in [0.15, 0.2) is 36.7 Å². The largest absolute Gasteiger partial charge is 0.466 e. The fourth-order valence-corrected chi connectivity index (χ4v) is 2.85. The Morgan fingerprint density at radius 1 is 1.39 bits per heavy atom. The van der Waals surface area contributed by atoms with E-state index in [1.165, 1.54) is 0 Å². The zero-order chi connectivity index (χ0) is 16.3. The number of ether oxygens (including phenoxy) is 1. The SMILES string of the molecule is CCOC(=O)C1(C(C)NCc2nncn2-c2ccccc2)CC1. The van der Waals surface area contributed by atoms with E-state index in [4.69, 9.17) is 4.74 Å². The molecule has 1 aliphatic rings. The molecule has 0 aliphatic heterocycles. The summed E-state index contributed by atoms with van der Waals surface area (Å²) in [7, 11) is 0. The average Bonchev–Trinajstić information content (AvgIpc) is 3.26. The van der Waals surface area contributed by atoms with Gasteiger partial charge in [-0.05, 0) is 38.8 Å². The van der Waals surface area contributed by atoms with Crippen LogP contribution in [0, 0.1) is 5.41 Å². The van der Waals surface area contributed by atoms with Crippen LogP contribution in [-0.4, -0.2) is 33.4 Å². The van der Waals surface area contributed by atoms with Gasteiger partial charge in [-0.3, -0.25) is 9.36 Å². The highest BCUT2D eigenvalue weighted by Crippen LogP contribution is 2.49. The highest BCUT2D eigenvalue weighted by Gasteiger charge is 2.55. The number of hydrogen-bond acceptors (Lipinski definition) is 5. The zero-order valence-corrected chi connectivity index (χ0v) is 13.5. The Bertz CT molecular complexity index is 664. The number of aromatic nitrogens is 3. The van der Waals surface area contributed by atoms with Gasteiger partial charge in [0.1, 0.15) is 6.33 Å². The van der Waals surface area contributed by atoms with E-state index in [0.29, 0.717) is 13.2 Å². The molecule has 1 aromatic heterocycles. The lowest BCUT2D eigenvalue weighted by molar-refractivity contribution is -0.150. The molecule has 1 heterocycles. The quantitative estimate of drug-likeness (QED) is 0.793. The van der Waals surface area contributed by atoms with E-state index in [9.17, 15) is 4.79 Å². The number of nitrogens with one attached hydrogen (secondary N) is 1. The molecule has 1 aromatic carbocycles. The molecule has 2 aromatic rings. The van der Waals surface area contributed by atoms with Crippen molar-refractivity contribution in [3.8, 4) is 5.69 Å². The molecule has 3 rings (SSSR count). The van der Waals surface area contributed by atoms with E-state index in [2.05, 4.69) is 15.5 Å². The van der Waals surface area contributed by atoms with Crippen LogP contribution in [0.4, 0.5) is 0 Å². The van der Waals surface area contributed by atoms with Crippen molar-refractivity contribution in [3.63, 3.8) is 0 Å². The zero-order valence-electron chi connectivity index (χ0n) is 13.5. The molecule has 6 nitrogen and oxygen atoms in total. The molecule has 0 bridgehead atoms. The summed E-state index contributed by atoms with van der Waals surface area (Å²) in [6, 6.07) is 10.0. The van der Waals surface area contributed by atoms with E-state index in [1.807, 2.05) is 48.7 Å². The van der Waals surface area contributed by atoms with Crippen LogP contribution < -0.4 is 5.32 Å². The predicted molar refractivity (Wildman–Crippen MR) is 86.0 cm³/mol. The minimum Gasteiger partial charge on any atom is -0.466 e. The molecule has 0 radical (unpaired) electrons. The van der Waals surface area contributed by atoms with Crippen LogP contribution in [0.5, 0.6) is 0 Å². The van der Waals surface area contributed by atoms with Gasteiger partial charge in [0.15, 0.2) is 5.82 Å². The first-order valence-electron chi connectivity index (χ1n) is 8.02. The summed E-state index contributed by atoms with van der Waals surface area (Å²) in [4.78, 5) is 12.1. The van der Waals surface area contributed by atoms with Crippen molar-refractivity contribution in [3.05, 3.63) is 42.5 Å². The van der Waals surface area contributed by atoms with Gasteiger partial charge in [-0.15, -0.1) is 10.2 Å². The minimum absolute atomic E-state index is 0.0440. The third kappa shape index (κ3) is 3.12. The summed E-state index contributed by atoms with van der Waals surface area (Å²) in [5, 5.41) is 11.6. The number of benzene rings is 1. The molecular weight excluding hydrogens is 292 g/mol. The van der Waals surface area contributed by atoms with Gasteiger partial charge < -0.3 is 10.1 Å². The lowest BCUT2D eigenvalue weighted by atomic mass is 9.98. The summed E-state index contributed by atoms with van der Waals surface area (Å²) >= 11 is 0. The molecule has 1 atom stereocenters. The van der Waals surface area contributed by atoms with Crippen LogP contribution in [0.3, 0.4) is 0 Å². The average molecular weight is 314 g/mol. The molecule has 0 saturated heterocycles. The Morgan fingerprint density at radius 2 is 2.13 bits per heavy atom. The first kappa shape index (κ1) is 15.7. The highest BCUT2D eigenvalue weighted by molar-refractivity contribution is 5.80. The van der Waals surface area contributed by atoms with Gasteiger partial charge >= 0.3 is 5.97 Å². The van der Waals surface area contributed by atoms with E-state index >= 15 is 0 Å². The molecule has 0 spiro atoms. The van der Waals surface area contributed by atoms with Gasteiger partial charge in [-0.1, -0.05) is 18.2 Å². The van der Waals surface area contributed by atoms with Gasteiger partial charge in [-0.2, -0.15) is 0 Å². The number of esters is 1. The number of nitrogens with zero attached hydrogens (tertiary/aromatic N) is 3. The van der Waals surface area contributed by atoms with Crippen LogP contribution >= 0.6 is 0 Å². The molecule has 1 unspecified atom stereocenters. The van der Waals surface area contributed by atoms with Crippen LogP contribution in [-0.2, 0) is 16.1 Å². The van der Waals surface area contributed by atoms with E-state index in [1.54, 1.807) is 6.33 Å². The number of carbonyl (C=O) groups is 1. The molecule has 122 valence electrons. The van der Waals surface area contributed by atoms with Crippen molar-refractivity contribution in [1.29, 1.82) is 0 Å². The Hall–Kier alpha value is -2.21. The second-order valence-electron chi connectivity index (χ2n) is 5.93. The molecule has 23 heavy (non-hydrogen) atoms. The Morgan fingerprint density at radius 3 is 2.78 bits per heavy atom. The highest BCUT2D eigenvalue weighted by atomic mass is 16.5. The lowest BCUT2D eigenvalue weighted by Crippen LogP contribution is -2.40. The molecule has 1 aliphatic carbocycles. The van der Waals surface area contributed by atoms with E-state index < -0.39 is 0 Å². The van der Waals surface area contributed by atoms with Crippen molar-refractivity contribution in [2.45, 2.75) is 39.3 Å². The second kappa shape index (κ2) is 6.50. The van der Waals surface area contributed by atoms with Crippen LogP contribution in [0.2, 0.25) is 0 Å². The molecule has 1 saturated carbocycles. The standard InChI is InChI=1S/C17H22N4O2/c1-3-23-16(22)17(9-10-17)13(2)18-11-15-20-19-12-21(15)14-7-5-4-6-8-14/h4-8,12-13,18H,3,9-11H2,1-2H3. The molecule has 1 fully saturated rings. The normalized spacial score (nSPS) is 16.8. The van der Waals surface area contributed by atoms with Crippen molar-refractivity contribution in [2.75, 3.05) is 6.61 Å². The van der Waals surface area contributed by atoms with Crippen molar-refractivity contribution in [2.24, 2.45) is 5.41 Å². The Kier molecular flexibility index (Phi) is 4.43. The Labute approximate surface area is 135 Å². The molecule has 1 N–H and O–H groups in total. The van der Waals surface area contributed by atoms with Gasteiger partial charge in [0, 0.05) is 11.7 Å². The molecule has 6 heteroatoms. The number of carbonyl (C=O) groups excluding carboxylic acids is 1. The first-order chi connectivity index (χ1) is 11.2. The lowest BCUT2D eigenvalue weighted by Gasteiger charge is -2.22. The summed E-state index contributed by atoms with van der Waals surface area (Å²) in [6.07, 6.45) is 3.46. The summed E-state index contributed by atoms with van der Waals surface area (Å²) in [5.74, 6) is 0.729. The fourth-order valence-electron chi connectivity index (χ4n) is 2.85. The van der Waals surface area contributed by atoms with Gasteiger partial charge in [0.25, 0.3) is 0 Å². The smallest absolute Gasteiger partial charge is 0.313 e. The maximum absolute atomic E-state index is 12.1. The second-order valence-corrected chi connectivity index (χ2v) is 5.93. The van der Waals surface area contributed by atoms with Crippen LogP contribution in [0.25, 0.3) is 5.69 Å². The van der Waals surface area contributed by atoms with E-state index in [0.717, 1.165) is 24.4 Å². The monoisotopic (exact) mass is 314 g/mol. The molecular formula is C17H22N4O2. The molecule has 0 amide bonds. The fraction of sp³-hybridized carbons (Fsp3) is 0.471. The van der Waals surface area contributed by atoms with Crippen LogP contribution in [0.1, 0.15) is 32.5 Å². The maximum Gasteiger partial charge on any atom is 0.313 e. The third-order valence-electron chi connectivity index (χ3n) is 4.52. The number of rotatable bonds is 7. The van der Waals surface area contributed by atoms with Gasteiger partial charge in [0.05, 0.1) is 18.6 Å². The van der Waals surface area contributed by atoms with Crippen molar-refractivity contribution < 1.29 is 9.53 Å². The van der Waals surface area contributed by atoms with Crippen molar-refractivity contribution >= 4 is 5.97 Å². The van der Waals surface area contributed by atoms with Gasteiger partial charge in [-0.25, -0.2) is 0 Å². The topological polar surface area (TPSA) is 69.0 Å². The number of para-hydroxylation sites is 1. The summed E-state index contributed by atoms with van der Waals surface area (Å²) < 4.78 is 7.16. The van der Waals surface area contributed by atoms with Crippen molar-refractivity contribution in [1.82, 2.24) is 20.1 Å². The minimum atomic E-state index is -0.367. The summed E-state index contributed by atoms with van der Waals surface area (Å²) in [5.41, 5.74) is 0.654.